The van der Waals surface area contributed by atoms with Crippen molar-refractivity contribution in [2.24, 2.45) is 0 Å². The van der Waals surface area contributed by atoms with Crippen LogP contribution >= 0.6 is 11.6 Å². The number of hydrogen-bond acceptors (Lipinski definition) is 18. The Morgan fingerprint density at radius 2 is 0.831 bits per heavy atom. The van der Waals surface area contributed by atoms with E-state index in [9.17, 15) is 9.59 Å². The number of esters is 1. The minimum atomic E-state index is -0.568. The third-order valence-electron chi connectivity index (χ3n) is 11.9. The van der Waals surface area contributed by atoms with E-state index >= 15 is 0 Å². The van der Waals surface area contributed by atoms with Gasteiger partial charge in [0.25, 0.3) is 0 Å². The van der Waals surface area contributed by atoms with Crippen LogP contribution in [0, 0.1) is 0 Å². The van der Waals surface area contributed by atoms with E-state index in [-0.39, 0.29) is 19.1 Å². The van der Waals surface area contributed by atoms with E-state index in [2.05, 4.69) is 44.8 Å². The molecule has 1 unspecified atom stereocenters. The number of benzene rings is 2. The van der Waals surface area contributed by atoms with Crippen molar-refractivity contribution in [3.8, 4) is 34.5 Å². The van der Waals surface area contributed by atoms with Crippen LogP contribution in [0.15, 0.2) is 113 Å². The van der Waals surface area contributed by atoms with Crippen LogP contribution in [0.5, 0.6) is 34.5 Å². The first-order chi connectivity index (χ1) is 40.8. The molecule has 19 nitrogen and oxygen atoms in total. The normalized spacial score (nSPS) is 14.7. The van der Waals surface area contributed by atoms with Gasteiger partial charge >= 0.3 is 5.97 Å². The fraction of sp³-hybridized carbons (Fsp3) is 0.524. The van der Waals surface area contributed by atoms with Crippen molar-refractivity contribution in [2.75, 3.05) is 99.1 Å². The van der Waals surface area contributed by atoms with Gasteiger partial charge in [-0.2, -0.15) is 0 Å². The zero-order valence-electron chi connectivity index (χ0n) is 48.5. The largest absolute Gasteiger partial charge is 0.502 e. The molecule has 0 radical (unpaired) electrons. The lowest BCUT2D eigenvalue weighted by atomic mass is 9.92. The number of unbranched alkanes of at least 4 members (excludes halogenated alkanes) is 6. The highest BCUT2D eigenvalue weighted by Gasteiger charge is 2.32. The summed E-state index contributed by atoms with van der Waals surface area (Å²) in [6.07, 6.45) is 24.2. The summed E-state index contributed by atoms with van der Waals surface area (Å²) >= 11 is 6.92. The molecule has 1 saturated carbocycles. The van der Waals surface area contributed by atoms with E-state index in [1.54, 1.807) is 48.6 Å². The van der Waals surface area contributed by atoms with Crippen LogP contribution in [0.25, 0.3) is 12.2 Å². The molecule has 2 aromatic carbocycles. The monoisotopic (exact) mass is 1180 g/mol. The molecule has 1 fully saturated rings. The minimum absolute atomic E-state index is 0.287. The fourth-order valence-electron chi connectivity index (χ4n) is 7.72. The predicted octanol–water partition coefficient (Wildman–Crippen LogP) is 12.4. The van der Waals surface area contributed by atoms with Crippen molar-refractivity contribution in [3.63, 3.8) is 0 Å². The number of halogens is 1. The van der Waals surface area contributed by atoms with Crippen LogP contribution in [0.3, 0.4) is 0 Å². The molecule has 1 aliphatic carbocycles. The van der Waals surface area contributed by atoms with Crippen LogP contribution in [-0.4, -0.2) is 129 Å². The molecule has 462 valence electrons. The van der Waals surface area contributed by atoms with E-state index < -0.39 is 23.5 Å². The molecule has 3 atom stereocenters. The zero-order chi connectivity index (χ0) is 59.6. The zero-order valence-corrected chi connectivity index (χ0v) is 49.3. The van der Waals surface area contributed by atoms with Gasteiger partial charge in [-0.3, -0.25) is 4.79 Å². The lowest BCUT2D eigenvalue weighted by molar-refractivity contribution is -0.286. The molecular formula is C63H90ClNO18. The highest BCUT2D eigenvalue weighted by atomic mass is 35.5. The van der Waals surface area contributed by atoms with Crippen molar-refractivity contribution >= 4 is 35.6 Å². The van der Waals surface area contributed by atoms with E-state index in [1.807, 2.05) is 6.07 Å². The third kappa shape index (κ3) is 32.3. The molecular weight excluding hydrogens is 1090 g/mol. The second kappa shape index (κ2) is 48.0. The number of rotatable bonds is 54. The highest BCUT2D eigenvalue weighted by molar-refractivity contribution is 6.21. The van der Waals surface area contributed by atoms with Crippen LogP contribution in [0.1, 0.15) is 107 Å². The Hall–Kier alpha value is -6.45. The molecule has 0 spiro atoms. The first-order valence-electron chi connectivity index (χ1n) is 28.7. The number of alkyl halides is 1. The van der Waals surface area contributed by atoms with Gasteiger partial charge in [-0.15, -0.1) is 31.3 Å². The van der Waals surface area contributed by atoms with E-state index in [0.29, 0.717) is 202 Å². The van der Waals surface area contributed by atoms with Gasteiger partial charge < -0.3 is 52.7 Å². The Bertz CT molecular complexity index is 2200. The van der Waals surface area contributed by atoms with Crippen LogP contribution < -0.4 is 33.7 Å². The SMILES string of the molecule is C=CCOOCCCCOc1ccc(/C=C/C(=O)O[C@@H]2CC[C@@H](NC(=O)/C=C/c3ccc(OCCCCOC=C)c(OCCCCOC=C)c3OCCCCOOCC=C)C(Cl)C2)c(OCCCCOC=C)c1OCCCCOOCC=C. The van der Waals surface area contributed by atoms with E-state index in [0.717, 1.165) is 25.7 Å². The standard InChI is InChI=1S/C63H90ClNO18/c1-7-35-77-80-47-22-19-42-72-57-32-26-52(61(73-43-17-14-39-69-11-5)63(57)76-46-21-24-49-82-79-37-9-3)28-34-59(67)83-53-29-30-55(54(64)50-53)65-58(66)33-27-51-25-31-56(71-41-16-13-38-68-10-4)62(75-45-18-15-40-70-12-6)60(51)74-44-20-23-48-81-78-36-8-2/h7-12,25-28,31-34,53-55H,1-6,13-24,29-30,35-50H2,(H,65,66)/b33-27+,34-28+/t53-,54?,55-/m1/s1. The lowest BCUT2D eigenvalue weighted by Crippen LogP contribution is -2.45. The van der Waals surface area contributed by atoms with Gasteiger partial charge in [-0.05, 0) is 126 Å². The molecule has 83 heavy (non-hydrogen) atoms. The van der Waals surface area contributed by atoms with Crippen molar-refractivity contribution in [1.29, 1.82) is 0 Å². The average molecular weight is 1180 g/mol. The molecule has 20 heteroatoms. The van der Waals surface area contributed by atoms with Gasteiger partial charge in [0.2, 0.25) is 17.4 Å². The first kappa shape index (κ1) is 70.8. The molecule has 0 aromatic heterocycles. The molecule has 1 aliphatic rings. The Labute approximate surface area is 496 Å². The molecule has 0 bridgehead atoms. The third-order valence-corrected chi connectivity index (χ3v) is 12.3. The maximum atomic E-state index is 13.6. The summed E-state index contributed by atoms with van der Waals surface area (Å²) in [5, 5.41) is 2.52. The number of carbonyl (C=O) groups is 2. The van der Waals surface area contributed by atoms with Gasteiger partial charge in [0, 0.05) is 35.7 Å². The summed E-state index contributed by atoms with van der Waals surface area (Å²) in [6, 6.07) is 6.82. The number of ether oxygens (including phenoxy) is 10. The van der Waals surface area contributed by atoms with Gasteiger partial charge in [-0.25, -0.2) is 34.1 Å². The molecule has 1 amide bonds. The van der Waals surface area contributed by atoms with Crippen molar-refractivity contribution in [3.05, 3.63) is 124 Å². The van der Waals surface area contributed by atoms with Gasteiger partial charge in [0.15, 0.2) is 23.0 Å². The molecule has 0 aliphatic heterocycles. The summed E-state index contributed by atoms with van der Waals surface area (Å²) in [5.74, 6) is 1.70. The minimum Gasteiger partial charge on any atom is -0.502 e. The van der Waals surface area contributed by atoms with Crippen LogP contribution in [-0.2, 0) is 57.9 Å². The summed E-state index contributed by atoms with van der Waals surface area (Å²) < 4.78 is 59.8. The summed E-state index contributed by atoms with van der Waals surface area (Å²) in [6.45, 7) is 27.3. The number of nitrogens with one attached hydrogen (secondary N) is 1. The quantitative estimate of drug-likeness (QED) is 0.00959. The van der Waals surface area contributed by atoms with Crippen molar-refractivity contribution < 1.29 is 86.3 Å². The van der Waals surface area contributed by atoms with E-state index in [1.165, 1.54) is 30.9 Å². The molecule has 3 rings (SSSR count). The Morgan fingerprint density at radius 3 is 1.23 bits per heavy atom. The van der Waals surface area contributed by atoms with E-state index in [4.69, 9.17) is 88.3 Å². The fourth-order valence-corrected chi connectivity index (χ4v) is 8.10. The number of carbonyl (C=O) groups excluding carboxylic acids is 2. The van der Waals surface area contributed by atoms with Gasteiger partial charge in [0.1, 0.15) is 25.9 Å². The number of amides is 1. The first-order valence-corrected chi connectivity index (χ1v) is 29.1. The van der Waals surface area contributed by atoms with Gasteiger partial charge in [-0.1, -0.05) is 38.0 Å². The summed E-state index contributed by atoms with van der Waals surface area (Å²) in [5.41, 5.74) is 1.18. The predicted molar refractivity (Wildman–Crippen MR) is 319 cm³/mol. The Morgan fingerprint density at radius 1 is 0.458 bits per heavy atom. The van der Waals surface area contributed by atoms with Crippen molar-refractivity contribution in [2.45, 2.75) is 114 Å². The van der Waals surface area contributed by atoms with Crippen LogP contribution in [0.2, 0.25) is 0 Å². The average Bonchev–Trinajstić information content (AvgIpc) is 3.48. The lowest BCUT2D eigenvalue weighted by Gasteiger charge is -2.32. The Kier molecular flexibility index (Phi) is 40.9. The van der Waals surface area contributed by atoms with Gasteiger partial charge in [0.05, 0.1) is 103 Å². The van der Waals surface area contributed by atoms with Crippen molar-refractivity contribution in [1.82, 2.24) is 5.32 Å². The summed E-state index contributed by atoms with van der Waals surface area (Å²) in [7, 11) is 0. The molecule has 1 N–H and O–H groups in total. The molecule has 2 aromatic rings. The molecule has 0 saturated heterocycles. The smallest absolute Gasteiger partial charge is 0.331 e. The Balaban J connectivity index is 1.75. The highest BCUT2D eigenvalue weighted by Crippen LogP contribution is 2.43. The molecule has 0 heterocycles. The second-order valence-electron chi connectivity index (χ2n) is 18.4. The summed E-state index contributed by atoms with van der Waals surface area (Å²) in [4.78, 5) is 57.8. The maximum Gasteiger partial charge on any atom is 0.331 e. The van der Waals surface area contributed by atoms with Crippen LogP contribution in [0.4, 0.5) is 0 Å². The number of hydrogen-bond donors (Lipinski definition) is 1. The maximum absolute atomic E-state index is 13.6. The topological polar surface area (TPSA) is 194 Å². The second-order valence-corrected chi connectivity index (χ2v) is 19.0.